The highest BCUT2D eigenvalue weighted by Gasteiger charge is 2.36. The zero-order chi connectivity index (χ0) is 20.4. The van der Waals surface area contributed by atoms with Crippen LogP contribution in [-0.2, 0) is 9.47 Å². The Morgan fingerprint density at radius 3 is 1.73 bits per heavy atom. The van der Waals surface area contributed by atoms with Gasteiger partial charge < -0.3 is 14.6 Å². The molecule has 26 heavy (non-hydrogen) atoms. The Balaban J connectivity index is 3.58. The Morgan fingerprint density at radius 1 is 0.962 bits per heavy atom. The minimum Gasteiger partial charge on any atom is -0.478 e. The van der Waals surface area contributed by atoms with Gasteiger partial charge in [0.25, 0.3) is 0 Å². The molecule has 2 amide bonds. The van der Waals surface area contributed by atoms with Gasteiger partial charge in [-0.3, -0.25) is 0 Å². The van der Waals surface area contributed by atoms with E-state index >= 15 is 0 Å². The van der Waals surface area contributed by atoms with Gasteiger partial charge in [0.15, 0.2) is 0 Å². The summed E-state index contributed by atoms with van der Waals surface area (Å²) in [5.41, 5.74) is -1.69. The number of amides is 2. The Hall–Kier alpha value is -2.09. The van der Waals surface area contributed by atoms with E-state index < -0.39 is 29.4 Å². The van der Waals surface area contributed by atoms with Crippen molar-refractivity contribution in [1.82, 2.24) is 0 Å². The first-order valence-corrected chi connectivity index (χ1v) is 8.71. The molecule has 0 aromatic heterocycles. The molecule has 144 valence electrons. The fraction of sp³-hybridized carbons (Fsp3) is 0.500. The van der Waals surface area contributed by atoms with Gasteiger partial charge in [0, 0.05) is 4.47 Å². The van der Waals surface area contributed by atoms with Gasteiger partial charge in [0.05, 0.1) is 11.3 Å². The number of aryl methyl sites for hydroxylation is 1. The highest BCUT2D eigenvalue weighted by molar-refractivity contribution is 9.10. The lowest BCUT2D eigenvalue weighted by Gasteiger charge is -2.30. The molecule has 7 nitrogen and oxygen atoms in total. The van der Waals surface area contributed by atoms with Gasteiger partial charge in [-0.1, -0.05) is 15.9 Å². The van der Waals surface area contributed by atoms with E-state index in [-0.39, 0.29) is 11.3 Å². The van der Waals surface area contributed by atoms with Crippen LogP contribution in [0.25, 0.3) is 0 Å². The van der Waals surface area contributed by atoms with Crippen molar-refractivity contribution in [3.8, 4) is 0 Å². The van der Waals surface area contributed by atoms with Crippen molar-refractivity contribution in [3.63, 3.8) is 0 Å². The number of carboxylic acids is 1. The topological polar surface area (TPSA) is 93.1 Å². The fourth-order valence-corrected chi connectivity index (χ4v) is 2.64. The van der Waals surface area contributed by atoms with Gasteiger partial charge in [-0.25, -0.2) is 14.4 Å². The number of rotatable bonds is 2. The second kappa shape index (κ2) is 7.65. The number of nitrogens with zero attached hydrogens (tertiary/aromatic N) is 1. The van der Waals surface area contributed by atoms with Crippen molar-refractivity contribution in [2.75, 3.05) is 4.90 Å². The number of imide groups is 1. The molecule has 0 unspecified atom stereocenters. The number of hydrogen-bond acceptors (Lipinski definition) is 5. The third kappa shape index (κ3) is 6.01. The van der Waals surface area contributed by atoms with E-state index in [2.05, 4.69) is 15.9 Å². The summed E-state index contributed by atoms with van der Waals surface area (Å²) < 4.78 is 11.1. The molecule has 1 aromatic rings. The summed E-state index contributed by atoms with van der Waals surface area (Å²) in [6, 6.07) is 2.91. The summed E-state index contributed by atoms with van der Waals surface area (Å²) >= 11 is 3.22. The number of benzene rings is 1. The molecule has 0 aliphatic rings. The highest BCUT2D eigenvalue weighted by Crippen LogP contribution is 2.32. The normalized spacial score (nSPS) is 11.7. The first-order chi connectivity index (χ1) is 11.6. The number of anilines is 1. The maximum Gasteiger partial charge on any atom is 0.424 e. The average molecular weight is 430 g/mol. The molecule has 0 aliphatic heterocycles. The SMILES string of the molecule is Cc1cc(Br)cc(C(=O)O)c1N(C(=O)OC(C)(C)C)C(=O)OC(C)(C)C. The van der Waals surface area contributed by atoms with E-state index in [1.807, 2.05) is 0 Å². The van der Waals surface area contributed by atoms with Crippen molar-refractivity contribution in [2.45, 2.75) is 59.7 Å². The Bertz CT molecular complexity index is 702. The van der Waals surface area contributed by atoms with Crippen LogP contribution in [0.1, 0.15) is 57.5 Å². The van der Waals surface area contributed by atoms with Crippen LogP contribution in [-0.4, -0.2) is 34.5 Å². The van der Waals surface area contributed by atoms with Crippen LogP contribution in [0.4, 0.5) is 15.3 Å². The van der Waals surface area contributed by atoms with E-state index in [1.165, 1.54) is 6.07 Å². The highest BCUT2D eigenvalue weighted by atomic mass is 79.9. The van der Waals surface area contributed by atoms with Crippen molar-refractivity contribution >= 4 is 39.8 Å². The third-order valence-corrected chi connectivity index (χ3v) is 3.33. The molecule has 0 saturated carbocycles. The largest absolute Gasteiger partial charge is 0.478 e. The smallest absolute Gasteiger partial charge is 0.424 e. The molecule has 0 fully saturated rings. The maximum absolute atomic E-state index is 12.7. The lowest BCUT2D eigenvalue weighted by Crippen LogP contribution is -2.44. The van der Waals surface area contributed by atoms with Crippen LogP contribution in [0, 0.1) is 6.92 Å². The van der Waals surface area contributed by atoms with Crippen LogP contribution in [0.15, 0.2) is 16.6 Å². The van der Waals surface area contributed by atoms with E-state index in [0.717, 1.165) is 0 Å². The molecule has 0 aliphatic carbocycles. The summed E-state index contributed by atoms with van der Waals surface area (Å²) in [6.45, 7) is 11.5. The quantitative estimate of drug-likeness (QED) is 0.699. The molecule has 0 heterocycles. The van der Waals surface area contributed by atoms with Gasteiger partial charge >= 0.3 is 18.2 Å². The monoisotopic (exact) mass is 429 g/mol. The molecule has 0 spiro atoms. The number of aromatic carboxylic acids is 1. The Morgan fingerprint density at radius 2 is 1.38 bits per heavy atom. The molecular weight excluding hydrogens is 406 g/mol. The summed E-state index contributed by atoms with van der Waals surface area (Å²) in [6.07, 6.45) is -2.03. The molecule has 0 atom stereocenters. The molecule has 1 N–H and O–H groups in total. The summed E-state index contributed by atoms with van der Waals surface area (Å²) in [5.74, 6) is -1.29. The second-order valence-corrected chi connectivity index (χ2v) is 8.64. The number of halogens is 1. The van der Waals surface area contributed by atoms with Gasteiger partial charge in [-0.05, 0) is 66.2 Å². The van der Waals surface area contributed by atoms with Crippen LogP contribution >= 0.6 is 15.9 Å². The van der Waals surface area contributed by atoms with Crippen LogP contribution in [0.2, 0.25) is 0 Å². The van der Waals surface area contributed by atoms with Gasteiger partial charge in [0.2, 0.25) is 0 Å². The molecule has 1 aromatic carbocycles. The van der Waals surface area contributed by atoms with Crippen molar-refractivity contribution in [2.24, 2.45) is 0 Å². The number of hydrogen-bond donors (Lipinski definition) is 1. The first kappa shape index (κ1) is 22.0. The van der Waals surface area contributed by atoms with E-state index in [1.54, 1.807) is 54.5 Å². The number of ether oxygens (including phenoxy) is 2. The fourth-order valence-electron chi connectivity index (χ4n) is 2.07. The molecular formula is C18H24BrNO6. The van der Waals surface area contributed by atoms with E-state index in [9.17, 15) is 19.5 Å². The minimum atomic E-state index is -1.29. The van der Waals surface area contributed by atoms with Crippen molar-refractivity contribution in [1.29, 1.82) is 0 Å². The predicted molar refractivity (Wildman–Crippen MR) is 101 cm³/mol. The van der Waals surface area contributed by atoms with Crippen LogP contribution < -0.4 is 4.90 Å². The summed E-state index contributed by atoms with van der Waals surface area (Å²) in [4.78, 5) is 37.7. The molecule has 1 rings (SSSR count). The number of carbonyl (C=O) groups is 3. The number of carboxylic acid groups (broad SMARTS) is 1. The standard InChI is InChI=1S/C18H24BrNO6/c1-10-8-11(19)9-12(14(21)22)13(10)20(15(23)25-17(2,3)4)16(24)26-18(5,6)7/h8-9H,1-7H3,(H,21,22). The molecule has 8 heteroatoms. The summed E-state index contributed by atoms with van der Waals surface area (Å²) in [5, 5.41) is 9.54. The Labute approximate surface area is 161 Å². The zero-order valence-electron chi connectivity index (χ0n) is 16.0. The lowest BCUT2D eigenvalue weighted by molar-refractivity contribution is 0.0430. The second-order valence-electron chi connectivity index (χ2n) is 7.72. The van der Waals surface area contributed by atoms with Gasteiger partial charge in [0.1, 0.15) is 11.2 Å². The first-order valence-electron chi connectivity index (χ1n) is 7.92. The third-order valence-electron chi connectivity index (χ3n) is 2.87. The van der Waals surface area contributed by atoms with E-state index in [4.69, 9.17) is 9.47 Å². The summed E-state index contributed by atoms with van der Waals surface area (Å²) in [7, 11) is 0. The van der Waals surface area contributed by atoms with Gasteiger partial charge in [-0.15, -0.1) is 0 Å². The minimum absolute atomic E-state index is 0.0933. The van der Waals surface area contributed by atoms with Crippen LogP contribution in [0.3, 0.4) is 0 Å². The van der Waals surface area contributed by atoms with Gasteiger partial charge in [-0.2, -0.15) is 4.90 Å². The Kier molecular flexibility index (Phi) is 6.46. The molecule has 0 saturated heterocycles. The molecule has 0 bridgehead atoms. The predicted octanol–water partition coefficient (Wildman–Crippen LogP) is 5.13. The molecule has 0 radical (unpaired) electrons. The number of carbonyl (C=O) groups excluding carboxylic acids is 2. The van der Waals surface area contributed by atoms with Crippen molar-refractivity contribution < 1.29 is 29.0 Å². The zero-order valence-corrected chi connectivity index (χ0v) is 17.6. The van der Waals surface area contributed by atoms with E-state index in [0.29, 0.717) is 14.9 Å². The average Bonchev–Trinajstić information content (AvgIpc) is 2.36. The van der Waals surface area contributed by atoms with Crippen LogP contribution in [0.5, 0.6) is 0 Å². The maximum atomic E-state index is 12.7. The lowest BCUT2D eigenvalue weighted by atomic mass is 10.1. The van der Waals surface area contributed by atoms with Crippen molar-refractivity contribution in [3.05, 3.63) is 27.7 Å².